The van der Waals surface area contributed by atoms with Crippen LogP contribution in [-0.4, -0.2) is 66.0 Å². The van der Waals surface area contributed by atoms with Gasteiger partial charge in [0.05, 0.1) is 36.7 Å². The molecular weight excluding hydrogens is 424 g/mol. The molecule has 0 aliphatic heterocycles. The first-order chi connectivity index (χ1) is 14.7. The first kappa shape index (κ1) is 21.9. The normalized spacial score (nSPS) is 34.6. The SMILES string of the molecule is COC(=O)[C@@H]1[C@H]2[C@@H](O)[C@@H](O)[C@](O)([C@@H]2OCc2ccccc2)[C@@H]1S(=O)(=O)c1ccccc1. The third-order valence-corrected chi connectivity index (χ3v) is 8.61. The smallest absolute Gasteiger partial charge is 0.310 e. The summed E-state index contributed by atoms with van der Waals surface area (Å²) in [6.07, 6.45) is -4.68. The molecule has 0 unspecified atom stereocenters. The molecule has 166 valence electrons. The molecule has 2 aromatic rings. The number of carbonyl (C=O) groups excluding carboxylic acids is 1. The van der Waals surface area contributed by atoms with Gasteiger partial charge in [0.25, 0.3) is 0 Å². The number of benzene rings is 2. The van der Waals surface area contributed by atoms with E-state index in [-0.39, 0.29) is 11.5 Å². The molecule has 0 radical (unpaired) electrons. The molecule has 0 heterocycles. The van der Waals surface area contributed by atoms with Crippen molar-refractivity contribution < 1.29 is 38.0 Å². The highest BCUT2D eigenvalue weighted by molar-refractivity contribution is 7.92. The maximum atomic E-state index is 13.5. The molecule has 3 N–H and O–H groups in total. The number of hydrogen-bond donors (Lipinski definition) is 3. The zero-order chi connectivity index (χ0) is 22.4. The number of carbonyl (C=O) groups is 1. The molecule has 2 saturated carbocycles. The highest BCUT2D eigenvalue weighted by Crippen LogP contribution is 2.57. The summed E-state index contributed by atoms with van der Waals surface area (Å²) in [6.45, 7) is -0.00421. The lowest BCUT2D eigenvalue weighted by Crippen LogP contribution is -2.62. The maximum Gasteiger partial charge on any atom is 0.310 e. The molecule has 0 aromatic heterocycles. The minimum atomic E-state index is -4.31. The van der Waals surface area contributed by atoms with Crippen LogP contribution in [0.5, 0.6) is 0 Å². The number of esters is 1. The van der Waals surface area contributed by atoms with Crippen LogP contribution in [0.25, 0.3) is 0 Å². The van der Waals surface area contributed by atoms with Crippen molar-refractivity contribution in [2.24, 2.45) is 11.8 Å². The van der Waals surface area contributed by atoms with Crippen LogP contribution in [-0.2, 0) is 30.7 Å². The number of sulfone groups is 1. The van der Waals surface area contributed by atoms with Crippen molar-refractivity contribution in [1.29, 1.82) is 0 Å². The summed E-state index contributed by atoms with van der Waals surface area (Å²) in [4.78, 5) is 12.5. The predicted molar refractivity (Wildman–Crippen MR) is 108 cm³/mol. The van der Waals surface area contributed by atoms with Gasteiger partial charge in [-0.1, -0.05) is 48.5 Å². The lowest BCUT2D eigenvalue weighted by molar-refractivity contribution is -0.159. The second-order valence-electron chi connectivity index (χ2n) is 7.94. The average molecular weight is 448 g/mol. The van der Waals surface area contributed by atoms with Gasteiger partial charge in [-0.2, -0.15) is 0 Å². The van der Waals surface area contributed by atoms with Gasteiger partial charge in [-0.05, 0) is 17.7 Å². The van der Waals surface area contributed by atoms with Crippen molar-refractivity contribution in [2.75, 3.05) is 7.11 Å². The van der Waals surface area contributed by atoms with Crippen molar-refractivity contribution >= 4 is 15.8 Å². The van der Waals surface area contributed by atoms with Crippen molar-refractivity contribution in [2.45, 2.75) is 40.7 Å². The van der Waals surface area contributed by atoms with Gasteiger partial charge in [0, 0.05) is 5.92 Å². The number of fused-ring (bicyclic) bond motifs is 2. The Bertz CT molecular complexity index is 1040. The van der Waals surface area contributed by atoms with E-state index in [0.29, 0.717) is 0 Å². The van der Waals surface area contributed by atoms with Crippen LogP contribution >= 0.6 is 0 Å². The molecule has 9 heteroatoms. The standard InChI is InChI=1S/C22H24O8S/c1-29-21(25)16-15-17(23)18(24)22(26,19(15)30-12-13-8-4-2-5-9-13)20(16)31(27,28)14-10-6-3-7-11-14/h2-11,15-20,23-24,26H,12H2,1H3/t15-,16+,17+,18+,19+,20+,22-/m0/s1. The lowest BCUT2D eigenvalue weighted by Gasteiger charge is -2.39. The van der Waals surface area contributed by atoms with Crippen molar-refractivity contribution in [3.05, 3.63) is 66.2 Å². The average Bonchev–Trinajstić information content (AvgIpc) is 3.16. The molecule has 0 amide bonds. The van der Waals surface area contributed by atoms with Crippen molar-refractivity contribution in [1.82, 2.24) is 0 Å². The fraction of sp³-hybridized carbons (Fsp3) is 0.409. The van der Waals surface area contributed by atoms with Gasteiger partial charge < -0.3 is 24.8 Å². The van der Waals surface area contributed by atoms with Crippen LogP contribution in [0, 0.1) is 11.8 Å². The minimum Gasteiger partial charge on any atom is -0.469 e. The van der Waals surface area contributed by atoms with Crippen LogP contribution < -0.4 is 0 Å². The number of hydrogen-bond acceptors (Lipinski definition) is 8. The van der Waals surface area contributed by atoms with E-state index in [4.69, 9.17) is 9.47 Å². The Morgan fingerprint density at radius 1 is 1.03 bits per heavy atom. The number of rotatable bonds is 6. The Labute approximate surface area is 180 Å². The van der Waals surface area contributed by atoms with E-state index in [1.54, 1.807) is 30.3 Å². The molecule has 31 heavy (non-hydrogen) atoms. The maximum absolute atomic E-state index is 13.5. The highest BCUT2D eigenvalue weighted by atomic mass is 32.2. The predicted octanol–water partition coefficient (Wildman–Crippen LogP) is 0.300. The van der Waals surface area contributed by atoms with Crippen LogP contribution in [0.1, 0.15) is 5.56 Å². The third kappa shape index (κ3) is 3.28. The second-order valence-corrected chi connectivity index (χ2v) is 10.0. The Morgan fingerprint density at radius 3 is 2.19 bits per heavy atom. The Balaban J connectivity index is 1.79. The summed E-state index contributed by atoms with van der Waals surface area (Å²) in [5, 5.41) is 31.1. The van der Waals surface area contributed by atoms with E-state index < -0.39 is 56.8 Å². The summed E-state index contributed by atoms with van der Waals surface area (Å²) in [5.74, 6) is -3.48. The molecule has 4 rings (SSSR count). The third-order valence-electron chi connectivity index (χ3n) is 6.35. The number of ether oxygens (including phenoxy) is 2. The van der Waals surface area contributed by atoms with Gasteiger partial charge in [-0.3, -0.25) is 4.79 Å². The number of methoxy groups -OCH3 is 1. The van der Waals surface area contributed by atoms with Gasteiger partial charge in [-0.15, -0.1) is 0 Å². The first-order valence-electron chi connectivity index (χ1n) is 9.85. The quantitative estimate of drug-likeness (QED) is 0.538. The Kier molecular flexibility index (Phi) is 5.65. The Morgan fingerprint density at radius 2 is 1.61 bits per heavy atom. The molecule has 8 nitrogen and oxygen atoms in total. The lowest BCUT2D eigenvalue weighted by atomic mass is 9.83. The van der Waals surface area contributed by atoms with E-state index in [1.165, 1.54) is 24.3 Å². The molecule has 7 atom stereocenters. The monoisotopic (exact) mass is 448 g/mol. The fourth-order valence-corrected chi connectivity index (χ4v) is 7.26. The van der Waals surface area contributed by atoms with Gasteiger partial charge in [-0.25, -0.2) is 8.42 Å². The van der Waals surface area contributed by atoms with E-state index >= 15 is 0 Å². The largest absolute Gasteiger partial charge is 0.469 e. The topological polar surface area (TPSA) is 130 Å². The number of aliphatic hydroxyl groups is 3. The summed E-state index contributed by atoms with van der Waals surface area (Å²) in [6, 6.07) is 16.3. The zero-order valence-electron chi connectivity index (χ0n) is 16.7. The fourth-order valence-electron chi connectivity index (χ4n) is 4.98. The van der Waals surface area contributed by atoms with Gasteiger partial charge in [0.1, 0.15) is 17.0 Å². The van der Waals surface area contributed by atoms with Gasteiger partial charge >= 0.3 is 5.97 Å². The van der Waals surface area contributed by atoms with Gasteiger partial charge in [0.2, 0.25) is 0 Å². The summed E-state index contributed by atoms with van der Waals surface area (Å²) in [5.41, 5.74) is -1.66. The first-order valence-corrected chi connectivity index (χ1v) is 11.4. The molecular formula is C22H24O8S. The minimum absolute atomic E-state index is 0.00421. The van der Waals surface area contributed by atoms with Crippen molar-refractivity contribution in [3.8, 4) is 0 Å². The van der Waals surface area contributed by atoms with E-state index in [1.807, 2.05) is 6.07 Å². The van der Waals surface area contributed by atoms with Crippen LogP contribution in [0.2, 0.25) is 0 Å². The van der Waals surface area contributed by atoms with E-state index in [0.717, 1.165) is 12.7 Å². The van der Waals surface area contributed by atoms with Crippen molar-refractivity contribution in [3.63, 3.8) is 0 Å². The summed E-state index contributed by atoms with van der Waals surface area (Å²) >= 11 is 0. The molecule has 2 aromatic carbocycles. The van der Waals surface area contributed by atoms with E-state index in [2.05, 4.69) is 0 Å². The zero-order valence-corrected chi connectivity index (χ0v) is 17.6. The van der Waals surface area contributed by atoms with Crippen LogP contribution in [0.4, 0.5) is 0 Å². The molecule has 2 bridgehead atoms. The van der Waals surface area contributed by atoms with Crippen LogP contribution in [0.15, 0.2) is 65.6 Å². The molecule has 2 aliphatic carbocycles. The molecule has 2 fully saturated rings. The molecule has 2 aliphatic rings. The molecule has 0 saturated heterocycles. The van der Waals surface area contributed by atoms with Gasteiger partial charge in [0.15, 0.2) is 9.84 Å². The summed E-state index contributed by atoms with van der Waals surface area (Å²) < 4.78 is 37.7. The van der Waals surface area contributed by atoms with Crippen LogP contribution in [0.3, 0.4) is 0 Å². The number of aliphatic hydroxyl groups excluding tert-OH is 2. The highest BCUT2D eigenvalue weighted by Gasteiger charge is 2.78. The second kappa shape index (κ2) is 7.99. The summed E-state index contributed by atoms with van der Waals surface area (Å²) in [7, 11) is -3.20. The van der Waals surface area contributed by atoms with E-state index in [9.17, 15) is 28.5 Å². The Hall–Kier alpha value is -2.30. The molecule has 0 spiro atoms.